The minimum atomic E-state index is 1.07. The summed E-state index contributed by atoms with van der Waals surface area (Å²) in [6.07, 6.45) is 7.44. The van der Waals surface area contributed by atoms with Gasteiger partial charge in [-0.25, -0.2) is 0 Å². The van der Waals surface area contributed by atoms with E-state index in [-0.39, 0.29) is 0 Å². The molecular formula is C78H50N4S2. The number of anilines is 6. The van der Waals surface area contributed by atoms with Crippen LogP contribution < -0.4 is 9.80 Å². The molecule has 0 atom stereocenters. The lowest BCUT2D eigenvalue weighted by Gasteiger charge is -2.29. The Morgan fingerprint density at radius 2 is 0.571 bits per heavy atom. The van der Waals surface area contributed by atoms with Crippen molar-refractivity contribution in [2.45, 2.75) is 0 Å². The fraction of sp³-hybridized carbons (Fsp3) is 0. The van der Waals surface area contributed by atoms with Crippen molar-refractivity contribution in [1.29, 1.82) is 0 Å². The smallest absolute Gasteiger partial charge is 0.0540 e. The van der Waals surface area contributed by atoms with Gasteiger partial charge in [0.1, 0.15) is 0 Å². The van der Waals surface area contributed by atoms with E-state index in [4.69, 9.17) is 0 Å². The van der Waals surface area contributed by atoms with Gasteiger partial charge in [0.15, 0.2) is 0 Å². The van der Waals surface area contributed by atoms with Crippen molar-refractivity contribution in [2.24, 2.45) is 0 Å². The Balaban J connectivity index is 0.895. The van der Waals surface area contributed by atoms with Crippen LogP contribution in [0.1, 0.15) is 0 Å². The average Bonchev–Trinajstić information content (AvgIpc) is 1.68. The first-order valence-electron chi connectivity index (χ1n) is 28.3. The quantitative estimate of drug-likeness (QED) is 0.114. The number of fused-ring (bicyclic) bond motifs is 2. The van der Waals surface area contributed by atoms with E-state index in [0.717, 1.165) is 56.4 Å². The van der Waals surface area contributed by atoms with Crippen LogP contribution in [-0.2, 0) is 0 Å². The summed E-state index contributed by atoms with van der Waals surface area (Å²) in [6.45, 7) is 0. The van der Waals surface area contributed by atoms with E-state index in [1.807, 2.05) is 47.5 Å². The third-order valence-electron chi connectivity index (χ3n) is 16.4. The molecule has 0 radical (unpaired) electrons. The molecule has 16 rings (SSSR count). The maximum absolute atomic E-state index is 4.31. The lowest BCUT2D eigenvalue weighted by Crippen LogP contribution is -2.11. The van der Waals surface area contributed by atoms with Crippen LogP contribution in [-0.4, -0.2) is 9.97 Å². The van der Waals surface area contributed by atoms with Crippen LogP contribution in [0.3, 0.4) is 0 Å². The summed E-state index contributed by atoms with van der Waals surface area (Å²) in [5.41, 5.74) is 18.5. The Morgan fingerprint density at radius 1 is 0.250 bits per heavy atom. The summed E-state index contributed by atoms with van der Waals surface area (Å²) in [5.74, 6) is 0. The van der Waals surface area contributed by atoms with Gasteiger partial charge in [-0.3, -0.25) is 9.97 Å². The molecule has 0 spiro atoms. The van der Waals surface area contributed by atoms with Gasteiger partial charge in [-0.2, -0.15) is 0 Å². The van der Waals surface area contributed by atoms with Crippen LogP contribution in [0, 0.1) is 0 Å². The lowest BCUT2D eigenvalue weighted by atomic mass is 9.91. The van der Waals surface area contributed by atoms with Crippen molar-refractivity contribution >= 4 is 109 Å². The molecule has 0 aliphatic rings. The van der Waals surface area contributed by atoms with Gasteiger partial charge in [0.05, 0.1) is 11.4 Å². The first-order chi connectivity index (χ1) is 41.7. The predicted octanol–water partition coefficient (Wildman–Crippen LogP) is 22.7. The molecule has 0 unspecified atom stereocenters. The first-order valence-corrected chi connectivity index (χ1v) is 30.0. The zero-order chi connectivity index (χ0) is 55.5. The maximum Gasteiger partial charge on any atom is 0.0540 e. The zero-order valence-electron chi connectivity index (χ0n) is 45.5. The highest BCUT2D eigenvalue weighted by Gasteiger charge is 2.25. The number of hydrogen-bond acceptors (Lipinski definition) is 6. The van der Waals surface area contributed by atoms with Gasteiger partial charge in [-0.05, 0) is 151 Å². The second-order valence-electron chi connectivity index (χ2n) is 21.3. The standard InChI is InChI=1S/C78H50N4S2/c1-5-13-55(14-6-1)75-67-37-33-63(49-71(67)83-77(75)59-17-9-3-10-18-59)81(61-29-21-51(22-30-61)53-41-45-79-46-42-53)69-39-27-57-26-36-66-70(40-28-58-25-35-65(69)73(57)74(58)66)82(62-31-23-52(24-32-62)54-43-47-80-48-44-54)64-34-38-68-72(50-64)84-78(60-19-11-4-12-20-60)76(68)56-15-7-2-8-16-56/h1-50H. The number of nitrogens with zero attached hydrogens (tertiary/aromatic N) is 4. The van der Waals surface area contributed by atoms with E-state index in [0.29, 0.717) is 0 Å². The molecule has 0 saturated carbocycles. The second-order valence-corrected chi connectivity index (χ2v) is 23.4. The summed E-state index contributed by atoms with van der Waals surface area (Å²) in [6, 6.07) is 102. The van der Waals surface area contributed by atoms with E-state index in [1.54, 1.807) is 0 Å². The average molecular weight is 1110 g/mol. The Kier molecular flexibility index (Phi) is 12.2. The third-order valence-corrected chi connectivity index (χ3v) is 18.8. The molecule has 4 aromatic heterocycles. The van der Waals surface area contributed by atoms with Gasteiger partial charge >= 0.3 is 0 Å². The summed E-state index contributed by atoms with van der Waals surface area (Å²) < 4.78 is 2.46. The van der Waals surface area contributed by atoms with Crippen molar-refractivity contribution < 1.29 is 0 Å². The fourth-order valence-corrected chi connectivity index (χ4v) is 15.1. The van der Waals surface area contributed by atoms with E-state index >= 15 is 0 Å². The zero-order valence-corrected chi connectivity index (χ0v) is 47.1. The molecule has 4 heterocycles. The largest absolute Gasteiger partial charge is 0.310 e. The minimum Gasteiger partial charge on any atom is -0.310 e. The fourth-order valence-electron chi connectivity index (χ4n) is 12.5. The van der Waals surface area contributed by atoms with E-state index in [9.17, 15) is 0 Å². The number of thiophene rings is 2. The molecule has 0 aliphatic heterocycles. The van der Waals surface area contributed by atoms with Crippen LogP contribution >= 0.6 is 22.7 Å². The number of aromatic nitrogens is 2. The normalized spacial score (nSPS) is 11.6. The molecule has 16 aromatic rings. The van der Waals surface area contributed by atoms with Gasteiger partial charge in [-0.15, -0.1) is 22.7 Å². The summed E-state index contributed by atoms with van der Waals surface area (Å²) >= 11 is 3.73. The number of hydrogen-bond donors (Lipinski definition) is 0. The number of benzene rings is 12. The van der Waals surface area contributed by atoms with E-state index in [1.165, 1.54) is 95.6 Å². The van der Waals surface area contributed by atoms with Crippen LogP contribution in [0.5, 0.6) is 0 Å². The van der Waals surface area contributed by atoms with E-state index < -0.39 is 0 Å². The predicted molar refractivity (Wildman–Crippen MR) is 358 cm³/mol. The Labute approximate surface area is 495 Å². The molecular weight excluding hydrogens is 1060 g/mol. The molecule has 0 saturated heterocycles. The van der Waals surface area contributed by atoms with Gasteiger partial charge in [0, 0.05) is 99.4 Å². The number of pyridine rings is 2. The highest BCUT2D eigenvalue weighted by molar-refractivity contribution is 7.23. The van der Waals surface area contributed by atoms with Crippen LogP contribution in [0.4, 0.5) is 34.1 Å². The number of rotatable bonds is 12. The highest BCUT2D eigenvalue weighted by Crippen LogP contribution is 2.52. The van der Waals surface area contributed by atoms with Crippen LogP contribution in [0.25, 0.3) is 118 Å². The van der Waals surface area contributed by atoms with Crippen molar-refractivity contribution in [2.75, 3.05) is 9.80 Å². The molecule has 84 heavy (non-hydrogen) atoms. The van der Waals surface area contributed by atoms with Gasteiger partial charge in [-0.1, -0.05) is 194 Å². The van der Waals surface area contributed by atoms with Crippen molar-refractivity contribution in [3.05, 3.63) is 304 Å². The first kappa shape index (κ1) is 49.3. The van der Waals surface area contributed by atoms with E-state index in [2.05, 4.69) is 299 Å². The molecule has 6 heteroatoms. The Bertz CT molecular complexity index is 4710. The summed E-state index contributed by atoms with van der Waals surface area (Å²) in [4.78, 5) is 16.1. The van der Waals surface area contributed by atoms with Crippen molar-refractivity contribution in [3.63, 3.8) is 0 Å². The van der Waals surface area contributed by atoms with Crippen molar-refractivity contribution in [3.8, 4) is 65.4 Å². The Hall–Kier alpha value is -10.5. The maximum atomic E-state index is 4.31. The summed E-state index contributed by atoms with van der Waals surface area (Å²) in [7, 11) is 0. The van der Waals surface area contributed by atoms with Gasteiger partial charge in [0.2, 0.25) is 0 Å². The third kappa shape index (κ3) is 8.58. The minimum absolute atomic E-state index is 1.07. The lowest BCUT2D eigenvalue weighted by molar-refractivity contribution is 1.30. The van der Waals surface area contributed by atoms with Crippen molar-refractivity contribution in [1.82, 2.24) is 9.97 Å². The molecule has 4 nitrogen and oxygen atoms in total. The molecule has 12 aromatic carbocycles. The second kappa shape index (κ2) is 20.8. The topological polar surface area (TPSA) is 32.3 Å². The van der Waals surface area contributed by atoms with Crippen LogP contribution in [0.2, 0.25) is 0 Å². The molecule has 0 fully saturated rings. The SMILES string of the molecule is c1ccc(-c2sc3cc(N(c4ccc(-c5ccncc5)cc4)c4ccc5ccc6c(N(c7ccc(-c8ccncc8)cc7)c7ccc8c(-c9ccccc9)c(-c9ccccc9)sc8c7)ccc7ccc4c5c76)ccc3c2-c2ccccc2)cc1. The Morgan fingerprint density at radius 3 is 0.952 bits per heavy atom. The molecule has 0 N–H and O–H groups in total. The molecule has 0 bridgehead atoms. The van der Waals surface area contributed by atoms with Gasteiger partial charge in [0.25, 0.3) is 0 Å². The highest BCUT2D eigenvalue weighted by atomic mass is 32.1. The summed E-state index contributed by atoms with van der Waals surface area (Å²) in [5, 5.41) is 9.70. The van der Waals surface area contributed by atoms with Crippen LogP contribution in [0.15, 0.2) is 304 Å². The molecule has 394 valence electrons. The van der Waals surface area contributed by atoms with Gasteiger partial charge < -0.3 is 9.80 Å². The molecule has 0 amide bonds. The monoisotopic (exact) mass is 1110 g/mol. The molecule has 0 aliphatic carbocycles.